The van der Waals surface area contributed by atoms with Gasteiger partial charge in [-0.05, 0) is 48.9 Å². The first-order valence-corrected chi connectivity index (χ1v) is 9.81. The summed E-state index contributed by atoms with van der Waals surface area (Å²) in [4.78, 5) is 12.8. The molecule has 2 aromatic carbocycles. The van der Waals surface area contributed by atoms with Crippen LogP contribution in [0.2, 0.25) is 0 Å². The maximum Gasteiger partial charge on any atom is 0.140 e. The van der Waals surface area contributed by atoms with E-state index in [0.717, 1.165) is 29.7 Å². The SMILES string of the molecule is O=C(Cc1cccc(OCc2ccccc2)c1)C1CC2CCCC(C1)N2. The molecule has 0 saturated carbocycles. The second kappa shape index (κ2) is 8.05. The smallest absolute Gasteiger partial charge is 0.140 e. The van der Waals surface area contributed by atoms with E-state index in [9.17, 15) is 4.79 Å². The summed E-state index contributed by atoms with van der Waals surface area (Å²) in [5.41, 5.74) is 2.21. The highest BCUT2D eigenvalue weighted by molar-refractivity contribution is 5.83. The first-order valence-electron chi connectivity index (χ1n) is 9.81. The molecule has 2 heterocycles. The Labute approximate surface area is 155 Å². The number of ether oxygens (including phenoxy) is 1. The lowest BCUT2D eigenvalue weighted by molar-refractivity contribution is -0.124. The predicted octanol–water partition coefficient (Wildman–Crippen LogP) is 4.30. The second-order valence-electron chi connectivity index (χ2n) is 7.72. The van der Waals surface area contributed by atoms with Crippen LogP contribution in [0.4, 0.5) is 0 Å². The highest BCUT2D eigenvalue weighted by atomic mass is 16.5. The quantitative estimate of drug-likeness (QED) is 0.845. The lowest BCUT2D eigenvalue weighted by Gasteiger charge is -2.39. The Balaban J connectivity index is 1.35. The Hall–Kier alpha value is -2.13. The third-order valence-corrected chi connectivity index (χ3v) is 5.70. The van der Waals surface area contributed by atoms with Gasteiger partial charge in [0.05, 0.1) is 0 Å². The van der Waals surface area contributed by atoms with Gasteiger partial charge in [0.25, 0.3) is 0 Å². The highest BCUT2D eigenvalue weighted by Gasteiger charge is 2.34. The molecule has 2 bridgehead atoms. The Morgan fingerprint density at radius 2 is 1.69 bits per heavy atom. The molecule has 1 N–H and O–H groups in total. The van der Waals surface area contributed by atoms with Gasteiger partial charge in [-0.3, -0.25) is 4.79 Å². The van der Waals surface area contributed by atoms with Crippen molar-refractivity contribution in [3.05, 3.63) is 65.7 Å². The van der Waals surface area contributed by atoms with Gasteiger partial charge in [-0.2, -0.15) is 0 Å². The molecule has 4 rings (SSSR count). The van der Waals surface area contributed by atoms with E-state index in [2.05, 4.69) is 17.4 Å². The fourth-order valence-electron chi connectivity index (χ4n) is 4.36. The van der Waals surface area contributed by atoms with E-state index in [4.69, 9.17) is 4.74 Å². The van der Waals surface area contributed by atoms with Crippen LogP contribution >= 0.6 is 0 Å². The van der Waals surface area contributed by atoms with Gasteiger partial charge >= 0.3 is 0 Å². The number of benzene rings is 2. The Kier molecular flexibility index (Phi) is 5.35. The Morgan fingerprint density at radius 3 is 2.46 bits per heavy atom. The van der Waals surface area contributed by atoms with Crippen LogP contribution in [0.5, 0.6) is 5.75 Å². The zero-order chi connectivity index (χ0) is 17.8. The summed E-state index contributed by atoms with van der Waals surface area (Å²) in [6, 6.07) is 19.3. The number of piperidine rings is 2. The van der Waals surface area contributed by atoms with E-state index in [0.29, 0.717) is 30.9 Å². The number of fused-ring (bicyclic) bond motifs is 2. The van der Waals surface area contributed by atoms with E-state index >= 15 is 0 Å². The van der Waals surface area contributed by atoms with Gasteiger partial charge in [-0.1, -0.05) is 48.9 Å². The van der Waals surface area contributed by atoms with Crippen molar-refractivity contribution in [3.8, 4) is 5.75 Å². The van der Waals surface area contributed by atoms with Crippen LogP contribution in [0.1, 0.15) is 43.2 Å². The molecule has 0 radical (unpaired) electrons. The normalized spacial score (nSPS) is 24.8. The van der Waals surface area contributed by atoms with Crippen LogP contribution in [0.3, 0.4) is 0 Å². The molecule has 2 atom stereocenters. The summed E-state index contributed by atoms with van der Waals surface area (Å²) in [7, 11) is 0. The maximum atomic E-state index is 12.8. The first kappa shape index (κ1) is 17.3. The van der Waals surface area contributed by atoms with Crippen LogP contribution in [0, 0.1) is 5.92 Å². The van der Waals surface area contributed by atoms with E-state index < -0.39 is 0 Å². The molecule has 26 heavy (non-hydrogen) atoms. The molecule has 3 nitrogen and oxygen atoms in total. The minimum atomic E-state index is 0.223. The largest absolute Gasteiger partial charge is 0.489 e. The summed E-state index contributed by atoms with van der Waals surface area (Å²) in [6.07, 6.45) is 6.31. The molecule has 0 spiro atoms. The average molecular weight is 349 g/mol. The number of carbonyl (C=O) groups excluding carboxylic acids is 1. The topological polar surface area (TPSA) is 38.3 Å². The Morgan fingerprint density at radius 1 is 0.962 bits per heavy atom. The molecule has 2 fully saturated rings. The molecule has 2 saturated heterocycles. The minimum Gasteiger partial charge on any atom is -0.489 e. The van der Waals surface area contributed by atoms with Crippen LogP contribution < -0.4 is 10.1 Å². The van der Waals surface area contributed by atoms with Crippen LogP contribution in [0.15, 0.2) is 54.6 Å². The predicted molar refractivity (Wildman–Crippen MR) is 103 cm³/mol. The van der Waals surface area contributed by atoms with Crippen LogP contribution in [-0.2, 0) is 17.8 Å². The second-order valence-corrected chi connectivity index (χ2v) is 7.72. The summed E-state index contributed by atoms with van der Waals surface area (Å²) in [5.74, 6) is 1.45. The van der Waals surface area contributed by atoms with Gasteiger partial charge < -0.3 is 10.1 Å². The van der Waals surface area contributed by atoms with Gasteiger partial charge in [0.1, 0.15) is 18.1 Å². The van der Waals surface area contributed by atoms with Crippen molar-refractivity contribution in [1.29, 1.82) is 0 Å². The van der Waals surface area contributed by atoms with Gasteiger partial charge in [0, 0.05) is 24.4 Å². The lowest BCUT2D eigenvalue weighted by Crippen LogP contribution is -2.50. The fourth-order valence-corrected chi connectivity index (χ4v) is 4.36. The van der Waals surface area contributed by atoms with Crippen molar-refractivity contribution in [3.63, 3.8) is 0 Å². The molecule has 3 heteroatoms. The number of Topliss-reactive ketones (excluding diaryl/α,β-unsaturated/α-hetero) is 1. The number of hydrogen-bond acceptors (Lipinski definition) is 3. The monoisotopic (exact) mass is 349 g/mol. The van der Waals surface area contributed by atoms with Crippen molar-refractivity contribution in [2.45, 2.75) is 57.2 Å². The van der Waals surface area contributed by atoms with Gasteiger partial charge in [0.2, 0.25) is 0 Å². The number of hydrogen-bond donors (Lipinski definition) is 1. The number of nitrogens with one attached hydrogen (secondary N) is 1. The average Bonchev–Trinajstić information content (AvgIpc) is 2.67. The molecule has 2 aliphatic rings. The molecular formula is C23H27NO2. The molecule has 2 aliphatic heterocycles. The molecule has 2 aromatic rings. The van der Waals surface area contributed by atoms with Crippen molar-refractivity contribution < 1.29 is 9.53 Å². The number of rotatable bonds is 6. The number of carbonyl (C=O) groups is 1. The fraction of sp³-hybridized carbons (Fsp3) is 0.435. The maximum absolute atomic E-state index is 12.8. The summed E-state index contributed by atoms with van der Waals surface area (Å²) < 4.78 is 5.90. The van der Waals surface area contributed by atoms with E-state index in [1.54, 1.807) is 0 Å². The minimum absolute atomic E-state index is 0.223. The summed E-state index contributed by atoms with van der Waals surface area (Å²) >= 11 is 0. The Bertz CT molecular complexity index is 731. The summed E-state index contributed by atoms with van der Waals surface area (Å²) in [5, 5.41) is 3.67. The first-order chi connectivity index (χ1) is 12.8. The number of ketones is 1. The van der Waals surface area contributed by atoms with Gasteiger partial charge in [-0.25, -0.2) is 0 Å². The van der Waals surface area contributed by atoms with Crippen molar-refractivity contribution in [2.24, 2.45) is 5.92 Å². The lowest BCUT2D eigenvalue weighted by atomic mass is 9.77. The van der Waals surface area contributed by atoms with E-state index in [1.807, 2.05) is 42.5 Å². The third kappa shape index (κ3) is 4.34. The van der Waals surface area contributed by atoms with Crippen LogP contribution in [-0.4, -0.2) is 17.9 Å². The van der Waals surface area contributed by atoms with Crippen LogP contribution in [0.25, 0.3) is 0 Å². The van der Waals surface area contributed by atoms with Gasteiger partial charge in [0.15, 0.2) is 0 Å². The zero-order valence-corrected chi connectivity index (χ0v) is 15.2. The van der Waals surface area contributed by atoms with Crippen molar-refractivity contribution in [2.75, 3.05) is 0 Å². The molecule has 136 valence electrons. The molecule has 2 unspecified atom stereocenters. The van der Waals surface area contributed by atoms with E-state index in [1.165, 1.54) is 19.3 Å². The highest BCUT2D eigenvalue weighted by Crippen LogP contribution is 2.31. The standard InChI is InChI=1S/C23H27NO2/c25-23(19-14-20-9-5-10-21(15-19)24-20)13-18-8-4-11-22(12-18)26-16-17-6-2-1-3-7-17/h1-4,6-8,11-12,19-21,24H,5,9-10,13-16H2. The summed E-state index contributed by atoms with van der Waals surface area (Å²) in [6.45, 7) is 0.551. The van der Waals surface area contributed by atoms with E-state index in [-0.39, 0.29) is 5.92 Å². The van der Waals surface area contributed by atoms with Crippen molar-refractivity contribution >= 4 is 5.78 Å². The van der Waals surface area contributed by atoms with Crippen molar-refractivity contribution in [1.82, 2.24) is 5.32 Å². The third-order valence-electron chi connectivity index (χ3n) is 5.70. The molecule has 0 aliphatic carbocycles. The molecule has 0 amide bonds. The molecular weight excluding hydrogens is 322 g/mol. The van der Waals surface area contributed by atoms with Gasteiger partial charge in [-0.15, -0.1) is 0 Å². The zero-order valence-electron chi connectivity index (χ0n) is 15.2. The molecule has 0 aromatic heterocycles.